The Morgan fingerprint density at radius 2 is 1.93 bits per heavy atom. The SMILES string of the molecule is CC(C)N=NS(=O)(=O)c1cc(C2(O)CSC[N+]2(C)Cc2ccccc2)ccc1Cl. The molecule has 1 fully saturated rings. The molecule has 1 aliphatic heterocycles. The molecule has 0 bridgehead atoms. The van der Waals surface area contributed by atoms with Gasteiger partial charge in [0.2, 0.25) is 5.72 Å². The first-order valence-corrected chi connectivity index (χ1v) is 12.2. The van der Waals surface area contributed by atoms with E-state index in [2.05, 4.69) is 9.63 Å². The van der Waals surface area contributed by atoms with Crippen molar-refractivity contribution in [3.63, 3.8) is 0 Å². The van der Waals surface area contributed by atoms with Crippen LogP contribution < -0.4 is 0 Å². The Labute approximate surface area is 181 Å². The summed E-state index contributed by atoms with van der Waals surface area (Å²) in [4.78, 5) is -0.141. The van der Waals surface area contributed by atoms with E-state index in [1.807, 2.05) is 37.4 Å². The summed E-state index contributed by atoms with van der Waals surface area (Å²) in [5.74, 6) is 1.15. The van der Waals surface area contributed by atoms with Crippen molar-refractivity contribution in [2.75, 3.05) is 18.7 Å². The lowest BCUT2D eigenvalue weighted by Gasteiger charge is -2.42. The fraction of sp³-hybridized carbons (Fsp3) is 0.400. The average molecular weight is 455 g/mol. The number of sulfonamides is 1. The topological polar surface area (TPSA) is 79.1 Å². The Bertz CT molecular complexity index is 1010. The molecular formula is C20H25ClN3O3S2+. The maximum atomic E-state index is 12.6. The highest BCUT2D eigenvalue weighted by Gasteiger charge is 2.53. The molecule has 156 valence electrons. The van der Waals surface area contributed by atoms with Crippen LogP contribution in [0.5, 0.6) is 0 Å². The molecule has 0 amide bonds. The number of halogens is 1. The van der Waals surface area contributed by atoms with Crippen LogP contribution in [0.25, 0.3) is 0 Å². The number of aliphatic hydroxyl groups is 1. The second kappa shape index (κ2) is 8.35. The van der Waals surface area contributed by atoms with Crippen molar-refractivity contribution in [3.8, 4) is 0 Å². The monoisotopic (exact) mass is 454 g/mol. The van der Waals surface area contributed by atoms with Crippen molar-refractivity contribution >= 4 is 33.4 Å². The standard InChI is InChI=1S/C20H25ClN3O3S2/c1-15(2)22-23-29(26,27)19-11-17(9-10-18(19)21)20(25)13-28-14-24(20,3)12-16-7-5-4-6-8-16/h4-11,15,25H,12-14H2,1-3H3/q+1. The molecule has 2 aromatic carbocycles. The summed E-state index contributed by atoms with van der Waals surface area (Å²) in [7, 11) is -2.08. The lowest BCUT2D eigenvalue weighted by Crippen LogP contribution is -2.56. The van der Waals surface area contributed by atoms with E-state index in [4.69, 9.17) is 11.6 Å². The van der Waals surface area contributed by atoms with E-state index in [1.165, 1.54) is 12.1 Å². The van der Waals surface area contributed by atoms with E-state index in [0.29, 0.717) is 28.2 Å². The van der Waals surface area contributed by atoms with Gasteiger partial charge in [-0.1, -0.05) is 58.2 Å². The number of nitrogens with zero attached hydrogens (tertiary/aromatic N) is 3. The highest BCUT2D eigenvalue weighted by Crippen LogP contribution is 2.45. The molecule has 3 rings (SSSR count). The molecule has 0 spiro atoms. The van der Waals surface area contributed by atoms with Gasteiger partial charge in [0, 0.05) is 11.1 Å². The fourth-order valence-electron chi connectivity index (χ4n) is 3.36. The van der Waals surface area contributed by atoms with Gasteiger partial charge < -0.3 is 5.11 Å². The molecular weight excluding hydrogens is 430 g/mol. The summed E-state index contributed by atoms with van der Waals surface area (Å²) in [6.07, 6.45) is 0. The molecule has 0 radical (unpaired) electrons. The van der Waals surface area contributed by atoms with E-state index in [9.17, 15) is 13.5 Å². The maximum Gasteiger partial charge on any atom is 0.300 e. The van der Waals surface area contributed by atoms with Crippen molar-refractivity contribution in [1.82, 2.24) is 0 Å². The lowest BCUT2D eigenvalue weighted by molar-refractivity contribution is -0.985. The Hall–Kier alpha value is -1.45. The first kappa shape index (κ1) is 22.2. The van der Waals surface area contributed by atoms with Crippen LogP contribution in [0.1, 0.15) is 25.0 Å². The number of hydrogen-bond donors (Lipinski definition) is 1. The number of hydrogen-bond acceptors (Lipinski definition) is 5. The molecule has 1 heterocycles. The Morgan fingerprint density at radius 3 is 2.59 bits per heavy atom. The van der Waals surface area contributed by atoms with Crippen molar-refractivity contribution < 1.29 is 18.0 Å². The second-order valence-corrected chi connectivity index (χ2v) is 10.7. The number of thioether (sulfide) groups is 1. The summed E-state index contributed by atoms with van der Waals surface area (Å²) in [5, 5.41) is 15.5. The average Bonchev–Trinajstić information content (AvgIpc) is 2.96. The van der Waals surface area contributed by atoms with Crippen molar-refractivity contribution in [1.29, 1.82) is 0 Å². The molecule has 2 atom stereocenters. The molecule has 0 aliphatic carbocycles. The van der Waals surface area contributed by atoms with E-state index in [1.54, 1.807) is 31.7 Å². The minimum Gasteiger partial charge on any atom is -0.338 e. The molecule has 1 aliphatic rings. The normalized spacial score (nSPS) is 25.2. The zero-order chi connectivity index (χ0) is 21.3. The molecule has 2 aromatic rings. The third-order valence-corrected chi connectivity index (χ3v) is 8.01. The maximum absolute atomic E-state index is 12.6. The highest BCUT2D eigenvalue weighted by atomic mass is 35.5. The van der Waals surface area contributed by atoms with Gasteiger partial charge in [-0.05, 0) is 32.0 Å². The molecule has 29 heavy (non-hydrogen) atoms. The van der Waals surface area contributed by atoms with Gasteiger partial charge in [0.05, 0.1) is 23.9 Å². The van der Waals surface area contributed by atoms with Crippen LogP contribution in [-0.2, 0) is 22.3 Å². The van der Waals surface area contributed by atoms with E-state index in [-0.39, 0.29) is 16.0 Å². The highest BCUT2D eigenvalue weighted by molar-refractivity contribution is 7.99. The molecule has 6 nitrogen and oxygen atoms in total. The Morgan fingerprint density at radius 1 is 1.24 bits per heavy atom. The fourth-order valence-corrected chi connectivity index (χ4v) is 6.32. The molecule has 1 saturated heterocycles. The third-order valence-electron chi connectivity index (χ3n) is 5.00. The van der Waals surface area contributed by atoms with Crippen LogP contribution >= 0.6 is 23.4 Å². The number of benzene rings is 2. The van der Waals surface area contributed by atoms with E-state index < -0.39 is 15.7 Å². The van der Waals surface area contributed by atoms with E-state index in [0.717, 1.165) is 5.56 Å². The molecule has 2 unspecified atom stereocenters. The summed E-state index contributed by atoms with van der Waals surface area (Å²) in [6, 6.07) is 14.3. The van der Waals surface area contributed by atoms with Crippen LogP contribution in [0, 0.1) is 0 Å². The van der Waals surface area contributed by atoms with Gasteiger partial charge in [0.1, 0.15) is 17.3 Å². The van der Waals surface area contributed by atoms with Gasteiger partial charge in [-0.25, -0.2) is 0 Å². The van der Waals surface area contributed by atoms with Crippen LogP contribution in [-0.4, -0.2) is 42.7 Å². The largest absolute Gasteiger partial charge is 0.338 e. The van der Waals surface area contributed by atoms with Crippen LogP contribution in [0.3, 0.4) is 0 Å². The minimum absolute atomic E-state index is 0.0583. The van der Waals surface area contributed by atoms with Crippen LogP contribution in [0.15, 0.2) is 63.1 Å². The molecule has 9 heteroatoms. The van der Waals surface area contributed by atoms with Gasteiger partial charge in [-0.15, -0.1) is 0 Å². The quantitative estimate of drug-likeness (QED) is 0.518. The van der Waals surface area contributed by atoms with Crippen molar-refractivity contribution in [2.24, 2.45) is 9.63 Å². The number of rotatable bonds is 6. The van der Waals surface area contributed by atoms with Crippen LogP contribution in [0.2, 0.25) is 5.02 Å². The summed E-state index contributed by atoms with van der Waals surface area (Å²) >= 11 is 7.81. The van der Waals surface area contributed by atoms with Crippen molar-refractivity contribution in [3.05, 3.63) is 64.7 Å². The zero-order valence-electron chi connectivity index (χ0n) is 16.6. The second-order valence-electron chi connectivity index (χ2n) is 7.74. The van der Waals surface area contributed by atoms with Gasteiger partial charge in [-0.2, -0.15) is 13.5 Å². The molecule has 0 aromatic heterocycles. The molecule has 0 saturated carbocycles. The minimum atomic E-state index is -4.06. The molecule has 1 N–H and O–H groups in total. The van der Waals surface area contributed by atoms with Gasteiger partial charge in [-0.3, -0.25) is 4.48 Å². The zero-order valence-corrected chi connectivity index (χ0v) is 19.0. The van der Waals surface area contributed by atoms with Gasteiger partial charge in [0.25, 0.3) is 0 Å². The first-order chi connectivity index (χ1) is 13.6. The smallest absolute Gasteiger partial charge is 0.300 e. The van der Waals surface area contributed by atoms with Crippen LogP contribution in [0.4, 0.5) is 0 Å². The van der Waals surface area contributed by atoms with E-state index >= 15 is 0 Å². The Kier molecular flexibility index (Phi) is 6.41. The lowest BCUT2D eigenvalue weighted by atomic mass is 10.00. The van der Waals surface area contributed by atoms with Gasteiger partial charge in [0.15, 0.2) is 0 Å². The first-order valence-electron chi connectivity index (χ1n) is 9.23. The summed E-state index contributed by atoms with van der Waals surface area (Å²) in [5.41, 5.74) is 0.344. The third kappa shape index (κ3) is 4.51. The number of quaternary nitrogens is 1. The van der Waals surface area contributed by atoms with Crippen molar-refractivity contribution in [2.45, 2.75) is 37.1 Å². The Balaban J connectivity index is 2.03. The summed E-state index contributed by atoms with van der Waals surface area (Å²) in [6.45, 7) is 4.09. The predicted octanol–water partition coefficient (Wildman–Crippen LogP) is 4.39. The predicted molar refractivity (Wildman–Crippen MR) is 116 cm³/mol. The van der Waals surface area contributed by atoms with Gasteiger partial charge >= 0.3 is 10.0 Å². The summed E-state index contributed by atoms with van der Waals surface area (Å²) < 4.78 is 29.1.